The van der Waals surface area contributed by atoms with Gasteiger partial charge < -0.3 is 19.5 Å². The second-order valence-corrected chi connectivity index (χ2v) is 7.68. The first kappa shape index (κ1) is 20.4. The van der Waals surface area contributed by atoms with E-state index in [1.165, 1.54) is 0 Å². The molecule has 2 aromatic rings. The van der Waals surface area contributed by atoms with Gasteiger partial charge in [-0.3, -0.25) is 9.59 Å². The van der Waals surface area contributed by atoms with Crippen molar-refractivity contribution < 1.29 is 28.6 Å². The summed E-state index contributed by atoms with van der Waals surface area (Å²) in [6.07, 6.45) is -0.923. The number of hydrogen-bond acceptors (Lipinski definition) is 6. The molecule has 0 aliphatic carbocycles. The molecular weight excluding hydrogens is 374 g/mol. The van der Waals surface area contributed by atoms with Crippen molar-refractivity contribution in [3.8, 4) is 11.5 Å². The molecule has 3 rings (SSSR count). The van der Waals surface area contributed by atoms with E-state index in [1.54, 1.807) is 48.5 Å². The van der Waals surface area contributed by atoms with Gasteiger partial charge in [0.1, 0.15) is 6.61 Å². The highest BCUT2D eigenvalue weighted by Gasteiger charge is 2.29. The van der Waals surface area contributed by atoms with Crippen LogP contribution in [0.2, 0.25) is 0 Å². The van der Waals surface area contributed by atoms with Gasteiger partial charge in [0.05, 0.1) is 0 Å². The summed E-state index contributed by atoms with van der Waals surface area (Å²) >= 11 is 0. The number of ketones is 1. The SMILES string of the molecule is CC(C)(C)C(=O)Nc1ccc(C(=O)COC(=O)[C@H]2COc3ccccc3O2)cc1. The first-order chi connectivity index (χ1) is 13.7. The fraction of sp³-hybridized carbons (Fsp3) is 0.318. The molecule has 0 saturated heterocycles. The van der Waals surface area contributed by atoms with Crippen LogP contribution in [0.3, 0.4) is 0 Å². The summed E-state index contributed by atoms with van der Waals surface area (Å²) in [5, 5.41) is 2.78. The first-order valence-corrected chi connectivity index (χ1v) is 9.24. The van der Waals surface area contributed by atoms with E-state index < -0.39 is 24.1 Å². The Morgan fingerprint density at radius 3 is 2.34 bits per heavy atom. The minimum atomic E-state index is -0.923. The van der Waals surface area contributed by atoms with E-state index >= 15 is 0 Å². The van der Waals surface area contributed by atoms with Crippen LogP contribution >= 0.6 is 0 Å². The number of para-hydroxylation sites is 2. The Morgan fingerprint density at radius 1 is 1.03 bits per heavy atom. The van der Waals surface area contributed by atoms with E-state index in [-0.39, 0.29) is 18.3 Å². The lowest BCUT2D eigenvalue weighted by Crippen LogP contribution is -2.38. The van der Waals surface area contributed by atoms with Gasteiger partial charge in [-0.15, -0.1) is 0 Å². The van der Waals surface area contributed by atoms with Crippen molar-refractivity contribution in [1.82, 2.24) is 0 Å². The van der Waals surface area contributed by atoms with Crippen LogP contribution in [0, 0.1) is 5.41 Å². The second kappa shape index (κ2) is 8.34. The first-order valence-electron chi connectivity index (χ1n) is 9.24. The van der Waals surface area contributed by atoms with Gasteiger partial charge in [-0.1, -0.05) is 32.9 Å². The van der Waals surface area contributed by atoms with Crippen LogP contribution in [0.1, 0.15) is 31.1 Å². The van der Waals surface area contributed by atoms with E-state index in [0.717, 1.165) is 0 Å². The number of nitrogens with one attached hydrogen (secondary N) is 1. The summed E-state index contributed by atoms with van der Waals surface area (Å²) in [5.74, 6) is -0.126. The van der Waals surface area contributed by atoms with Crippen molar-refractivity contribution in [3.63, 3.8) is 0 Å². The summed E-state index contributed by atoms with van der Waals surface area (Å²) < 4.78 is 16.1. The third-order valence-corrected chi connectivity index (χ3v) is 4.26. The van der Waals surface area contributed by atoms with Crippen molar-refractivity contribution in [2.75, 3.05) is 18.5 Å². The van der Waals surface area contributed by atoms with E-state index in [1.807, 2.05) is 20.8 Å². The third-order valence-electron chi connectivity index (χ3n) is 4.26. The molecule has 0 radical (unpaired) electrons. The highest BCUT2D eigenvalue weighted by molar-refractivity contribution is 5.99. The van der Waals surface area contributed by atoms with Crippen LogP contribution in [0.25, 0.3) is 0 Å². The Morgan fingerprint density at radius 2 is 1.69 bits per heavy atom. The number of anilines is 1. The fourth-order valence-corrected chi connectivity index (χ4v) is 2.51. The molecule has 1 heterocycles. The smallest absolute Gasteiger partial charge is 0.351 e. The van der Waals surface area contributed by atoms with Crippen molar-refractivity contribution in [1.29, 1.82) is 0 Å². The minimum absolute atomic E-state index is 0.0200. The number of benzene rings is 2. The lowest BCUT2D eigenvalue weighted by Gasteiger charge is -2.24. The molecule has 0 unspecified atom stereocenters. The zero-order valence-electron chi connectivity index (χ0n) is 16.6. The van der Waals surface area contributed by atoms with Gasteiger partial charge in [-0.05, 0) is 36.4 Å². The number of ether oxygens (including phenoxy) is 3. The Kier molecular flexibility index (Phi) is 5.87. The predicted molar refractivity (Wildman–Crippen MR) is 106 cm³/mol. The molecule has 0 aromatic heterocycles. The normalized spacial score (nSPS) is 15.3. The molecule has 29 heavy (non-hydrogen) atoms. The molecule has 1 atom stereocenters. The summed E-state index contributed by atoms with van der Waals surface area (Å²) in [6, 6.07) is 13.4. The highest BCUT2D eigenvalue weighted by atomic mass is 16.6. The standard InChI is InChI=1S/C22H23NO6/c1-22(2,3)21(26)23-15-10-8-14(9-11-15)16(24)12-28-20(25)19-13-27-17-6-4-5-7-18(17)29-19/h4-11,19H,12-13H2,1-3H3,(H,23,26)/t19-/m1/s1. The molecule has 1 aliphatic rings. The topological polar surface area (TPSA) is 90.9 Å². The van der Waals surface area contributed by atoms with Gasteiger partial charge in [0.15, 0.2) is 23.9 Å². The minimum Gasteiger partial charge on any atom is -0.485 e. The molecule has 0 spiro atoms. The monoisotopic (exact) mass is 397 g/mol. The largest absolute Gasteiger partial charge is 0.485 e. The van der Waals surface area contributed by atoms with Crippen molar-refractivity contribution in [2.45, 2.75) is 26.9 Å². The molecule has 1 aliphatic heterocycles. The number of amides is 1. The van der Waals surface area contributed by atoms with Crippen LogP contribution in [0.15, 0.2) is 48.5 Å². The summed E-state index contributed by atoms with van der Waals surface area (Å²) in [4.78, 5) is 36.5. The Labute approximate surface area is 169 Å². The molecule has 7 nitrogen and oxygen atoms in total. The van der Waals surface area contributed by atoms with E-state index in [9.17, 15) is 14.4 Å². The molecule has 1 amide bonds. The van der Waals surface area contributed by atoms with E-state index in [0.29, 0.717) is 22.7 Å². The zero-order chi connectivity index (χ0) is 21.0. The van der Waals surface area contributed by atoms with Gasteiger partial charge in [-0.25, -0.2) is 4.79 Å². The molecule has 1 N–H and O–H groups in total. The lowest BCUT2D eigenvalue weighted by molar-refractivity contribution is -0.153. The zero-order valence-corrected chi connectivity index (χ0v) is 16.6. The summed E-state index contributed by atoms with van der Waals surface area (Å²) in [5.41, 5.74) is 0.441. The third kappa shape index (κ3) is 5.13. The van der Waals surface area contributed by atoms with Crippen LogP contribution in [-0.2, 0) is 14.3 Å². The van der Waals surface area contributed by atoms with Crippen molar-refractivity contribution in [2.24, 2.45) is 5.41 Å². The number of carbonyl (C=O) groups is 3. The quantitative estimate of drug-likeness (QED) is 0.615. The molecule has 152 valence electrons. The van der Waals surface area contributed by atoms with E-state index in [2.05, 4.69) is 5.32 Å². The van der Waals surface area contributed by atoms with Crippen LogP contribution in [0.5, 0.6) is 11.5 Å². The number of Topliss-reactive ketones (excluding diaryl/α,β-unsaturated/α-hetero) is 1. The van der Waals surface area contributed by atoms with Gasteiger partial charge in [0.2, 0.25) is 12.0 Å². The van der Waals surface area contributed by atoms with Crippen molar-refractivity contribution in [3.05, 3.63) is 54.1 Å². The van der Waals surface area contributed by atoms with Crippen LogP contribution < -0.4 is 14.8 Å². The van der Waals surface area contributed by atoms with Gasteiger partial charge >= 0.3 is 5.97 Å². The molecule has 0 fully saturated rings. The van der Waals surface area contributed by atoms with Crippen molar-refractivity contribution >= 4 is 23.3 Å². The number of carbonyl (C=O) groups excluding carboxylic acids is 3. The van der Waals surface area contributed by atoms with E-state index in [4.69, 9.17) is 14.2 Å². The molecule has 2 aromatic carbocycles. The molecule has 7 heteroatoms. The average molecular weight is 397 g/mol. The predicted octanol–water partition coefficient (Wildman–Crippen LogP) is 3.24. The molecule has 0 saturated carbocycles. The number of hydrogen-bond donors (Lipinski definition) is 1. The maximum absolute atomic E-state index is 12.3. The Hall–Kier alpha value is -3.35. The number of fused-ring (bicyclic) bond motifs is 1. The maximum Gasteiger partial charge on any atom is 0.351 e. The highest BCUT2D eigenvalue weighted by Crippen LogP contribution is 2.31. The van der Waals surface area contributed by atoms with Gasteiger partial charge in [-0.2, -0.15) is 0 Å². The Bertz CT molecular complexity index is 914. The van der Waals surface area contributed by atoms with Gasteiger partial charge in [0, 0.05) is 16.7 Å². The Balaban J connectivity index is 1.52. The number of esters is 1. The van der Waals surface area contributed by atoms with Crippen LogP contribution in [0.4, 0.5) is 5.69 Å². The van der Waals surface area contributed by atoms with Crippen LogP contribution in [-0.4, -0.2) is 37.0 Å². The maximum atomic E-state index is 12.3. The second-order valence-electron chi connectivity index (χ2n) is 7.68. The fourth-order valence-electron chi connectivity index (χ4n) is 2.51. The molecule has 0 bridgehead atoms. The molecular formula is C22H23NO6. The summed E-state index contributed by atoms with van der Waals surface area (Å²) in [7, 11) is 0. The number of rotatable bonds is 5. The average Bonchev–Trinajstić information content (AvgIpc) is 2.71. The lowest BCUT2D eigenvalue weighted by atomic mass is 9.95. The van der Waals surface area contributed by atoms with Gasteiger partial charge in [0.25, 0.3) is 0 Å². The summed E-state index contributed by atoms with van der Waals surface area (Å²) in [6.45, 7) is 5.05.